The molecule has 21 heavy (non-hydrogen) atoms. The van der Waals surface area contributed by atoms with Gasteiger partial charge in [0.25, 0.3) is 0 Å². The maximum absolute atomic E-state index is 9.28. The van der Waals surface area contributed by atoms with Crippen LogP contribution in [0.2, 0.25) is 0 Å². The number of rotatable bonds is 2. The minimum atomic E-state index is 0.655. The molecule has 102 valence electrons. The minimum absolute atomic E-state index is 0.655. The predicted octanol–water partition coefficient (Wildman–Crippen LogP) is 4.82. The summed E-state index contributed by atoms with van der Waals surface area (Å²) in [5.41, 5.74) is 7.38. The highest BCUT2D eigenvalue weighted by Gasteiger charge is 2.11. The van der Waals surface area contributed by atoms with E-state index >= 15 is 0 Å². The first-order valence-corrected chi connectivity index (χ1v) is 6.89. The van der Waals surface area contributed by atoms with Gasteiger partial charge < -0.3 is 4.40 Å². The summed E-state index contributed by atoms with van der Waals surface area (Å²) in [6.45, 7) is 8.12. The van der Waals surface area contributed by atoms with Crippen LogP contribution in [0.1, 0.15) is 23.7 Å². The van der Waals surface area contributed by atoms with E-state index in [2.05, 4.69) is 37.8 Å². The molecule has 0 amide bonds. The summed E-state index contributed by atoms with van der Waals surface area (Å²) in [6, 6.07) is 16.5. The molecule has 1 aromatic carbocycles. The summed E-state index contributed by atoms with van der Waals surface area (Å²) >= 11 is 0. The van der Waals surface area contributed by atoms with Gasteiger partial charge in [0.15, 0.2) is 0 Å². The standard InChI is InChI=1S/C19H16N2/c1-13(2)17-8-7-15(10-14(17)3)18-11-16(12-20)21-9-5-4-6-19(18)21/h4-11H,1H2,2-3H3. The van der Waals surface area contributed by atoms with Crippen LogP contribution in [0, 0.1) is 18.3 Å². The van der Waals surface area contributed by atoms with Crippen LogP contribution in [0.5, 0.6) is 0 Å². The summed E-state index contributed by atoms with van der Waals surface area (Å²) in [4.78, 5) is 0. The third-order valence-corrected chi connectivity index (χ3v) is 3.79. The third-order valence-electron chi connectivity index (χ3n) is 3.79. The lowest BCUT2D eigenvalue weighted by atomic mass is 9.97. The fourth-order valence-electron chi connectivity index (χ4n) is 2.78. The van der Waals surface area contributed by atoms with Crippen molar-refractivity contribution < 1.29 is 0 Å². The summed E-state index contributed by atoms with van der Waals surface area (Å²) in [5, 5.41) is 9.28. The van der Waals surface area contributed by atoms with Gasteiger partial charge in [-0.05, 0) is 48.7 Å². The molecule has 2 aromatic heterocycles. The number of nitrogens with zero attached hydrogens (tertiary/aromatic N) is 2. The van der Waals surface area contributed by atoms with Crippen LogP contribution in [0.25, 0.3) is 22.2 Å². The molecule has 3 rings (SSSR count). The number of aromatic nitrogens is 1. The molecular weight excluding hydrogens is 256 g/mol. The smallest absolute Gasteiger partial charge is 0.125 e. The van der Waals surface area contributed by atoms with Gasteiger partial charge >= 0.3 is 0 Å². The Balaban J connectivity index is 2.24. The Morgan fingerprint density at radius 1 is 1.19 bits per heavy atom. The lowest BCUT2D eigenvalue weighted by molar-refractivity contribution is 1.16. The average Bonchev–Trinajstić information content (AvgIpc) is 2.85. The number of hydrogen-bond acceptors (Lipinski definition) is 1. The van der Waals surface area contributed by atoms with E-state index in [0.717, 1.165) is 22.2 Å². The Kier molecular flexibility index (Phi) is 3.12. The number of pyridine rings is 1. The van der Waals surface area contributed by atoms with Crippen molar-refractivity contribution in [3.05, 3.63) is 72.1 Å². The molecule has 0 atom stereocenters. The number of nitriles is 1. The molecule has 0 radical (unpaired) electrons. The van der Waals surface area contributed by atoms with Crippen molar-refractivity contribution in [1.82, 2.24) is 4.40 Å². The molecule has 0 aliphatic rings. The number of hydrogen-bond donors (Lipinski definition) is 0. The van der Waals surface area contributed by atoms with Crippen molar-refractivity contribution in [2.24, 2.45) is 0 Å². The van der Waals surface area contributed by atoms with Crippen molar-refractivity contribution in [3.63, 3.8) is 0 Å². The van der Waals surface area contributed by atoms with E-state index in [1.807, 2.05) is 41.8 Å². The predicted molar refractivity (Wildman–Crippen MR) is 87.0 cm³/mol. The van der Waals surface area contributed by atoms with Gasteiger partial charge in [-0.2, -0.15) is 5.26 Å². The lowest BCUT2D eigenvalue weighted by Crippen LogP contribution is -1.87. The average molecular weight is 272 g/mol. The number of allylic oxidation sites excluding steroid dienone is 1. The first-order valence-electron chi connectivity index (χ1n) is 6.89. The van der Waals surface area contributed by atoms with E-state index in [0.29, 0.717) is 5.69 Å². The van der Waals surface area contributed by atoms with Crippen molar-refractivity contribution in [3.8, 4) is 17.2 Å². The molecule has 0 fully saturated rings. The van der Waals surface area contributed by atoms with Gasteiger partial charge in [0, 0.05) is 11.8 Å². The molecule has 2 heterocycles. The van der Waals surface area contributed by atoms with Crippen LogP contribution in [-0.4, -0.2) is 4.40 Å². The summed E-state index contributed by atoms with van der Waals surface area (Å²) < 4.78 is 1.93. The van der Waals surface area contributed by atoms with Crippen molar-refractivity contribution in [1.29, 1.82) is 5.26 Å². The van der Waals surface area contributed by atoms with Crippen molar-refractivity contribution >= 4 is 11.1 Å². The van der Waals surface area contributed by atoms with Crippen LogP contribution in [0.4, 0.5) is 0 Å². The molecule has 0 bridgehead atoms. The maximum Gasteiger partial charge on any atom is 0.125 e. The highest BCUT2D eigenvalue weighted by atomic mass is 14.9. The molecule has 0 aliphatic carbocycles. The first-order chi connectivity index (χ1) is 10.1. The quantitative estimate of drug-likeness (QED) is 0.657. The molecule has 0 spiro atoms. The van der Waals surface area contributed by atoms with Gasteiger partial charge in [-0.25, -0.2) is 0 Å². The SMILES string of the molecule is C=C(C)c1ccc(-c2cc(C#N)n3ccccc23)cc1C. The Labute approximate surface area is 124 Å². The molecule has 3 aromatic rings. The molecule has 0 saturated heterocycles. The van der Waals surface area contributed by atoms with Gasteiger partial charge in [-0.1, -0.05) is 36.4 Å². The Morgan fingerprint density at radius 2 is 2.00 bits per heavy atom. The summed E-state index contributed by atoms with van der Waals surface area (Å²) in [7, 11) is 0. The highest BCUT2D eigenvalue weighted by Crippen LogP contribution is 2.30. The fourth-order valence-corrected chi connectivity index (χ4v) is 2.78. The van der Waals surface area contributed by atoms with Crippen LogP contribution in [0.3, 0.4) is 0 Å². The highest BCUT2D eigenvalue weighted by molar-refractivity contribution is 5.84. The second-order valence-corrected chi connectivity index (χ2v) is 5.32. The monoisotopic (exact) mass is 272 g/mol. The second-order valence-electron chi connectivity index (χ2n) is 5.32. The first kappa shape index (κ1) is 13.2. The van der Waals surface area contributed by atoms with Crippen LogP contribution in [0.15, 0.2) is 55.2 Å². The third kappa shape index (κ3) is 2.13. The Hall–Kier alpha value is -2.79. The van der Waals surface area contributed by atoms with Crippen molar-refractivity contribution in [2.75, 3.05) is 0 Å². The second kappa shape index (κ2) is 4.96. The maximum atomic E-state index is 9.28. The molecule has 2 heteroatoms. The number of fused-ring (bicyclic) bond motifs is 1. The van der Waals surface area contributed by atoms with Crippen LogP contribution in [-0.2, 0) is 0 Å². The zero-order valence-corrected chi connectivity index (χ0v) is 12.2. The van der Waals surface area contributed by atoms with Gasteiger partial charge in [0.05, 0.1) is 5.52 Å². The van der Waals surface area contributed by atoms with E-state index in [9.17, 15) is 5.26 Å². The zero-order valence-electron chi connectivity index (χ0n) is 12.2. The fraction of sp³-hybridized carbons (Fsp3) is 0.105. The number of benzene rings is 1. The van der Waals surface area contributed by atoms with E-state index in [4.69, 9.17) is 0 Å². The van der Waals surface area contributed by atoms with E-state index < -0.39 is 0 Å². The lowest BCUT2D eigenvalue weighted by Gasteiger charge is -2.08. The van der Waals surface area contributed by atoms with Gasteiger partial charge in [0.2, 0.25) is 0 Å². The number of aryl methyl sites for hydroxylation is 1. The minimum Gasteiger partial charge on any atom is -0.308 e. The molecule has 2 nitrogen and oxygen atoms in total. The Bertz CT molecular complexity index is 892. The van der Waals surface area contributed by atoms with Gasteiger partial charge in [-0.15, -0.1) is 0 Å². The summed E-state index contributed by atoms with van der Waals surface area (Å²) in [5.74, 6) is 0. The molecule has 0 aliphatic heterocycles. The molecule has 0 N–H and O–H groups in total. The van der Waals surface area contributed by atoms with Gasteiger partial charge in [-0.3, -0.25) is 0 Å². The largest absolute Gasteiger partial charge is 0.308 e. The van der Waals surface area contributed by atoms with Gasteiger partial charge in [0.1, 0.15) is 11.8 Å². The molecule has 0 unspecified atom stereocenters. The topological polar surface area (TPSA) is 28.2 Å². The zero-order chi connectivity index (χ0) is 15.0. The van der Waals surface area contributed by atoms with Crippen LogP contribution >= 0.6 is 0 Å². The van der Waals surface area contributed by atoms with E-state index in [1.165, 1.54) is 11.1 Å². The molecule has 0 saturated carbocycles. The Morgan fingerprint density at radius 3 is 2.67 bits per heavy atom. The van der Waals surface area contributed by atoms with Crippen LogP contribution < -0.4 is 0 Å². The van der Waals surface area contributed by atoms with Crippen molar-refractivity contribution in [2.45, 2.75) is 13.8 Å². The van der Waals surface area contributed by atoms with E-state index in [-0.39, 0.29) is 0 Å². The molecular formula is C19H16N2. The summed E-state index contributed by atoms with van der Waals surface area (Å²) in [6.07, 6.45) is 1.92. The normalized spacial score (nSPS) is 10.5. The van der Waals surface area contributed by atoms with E-state index in [1.54, 1.807) is 0 Å².